The summed E-state index contributed by atoms with van der Waals surface area (Å²) in [6, 6.07) is 6.33. The molecular weight excluding hydrogens is 259 g/mol. The SMILES string of the molecule is CCC(=O)N1CCN(C(=O)Cc2ccccc2F)CC1. The fraction of sp³-hybridized carbons (Fsp3) is 0.467. The Balaban J connectivity index is 1.89. The second-order valence-corrected chi connectivity index (χ2v) is 4.88. The molecule has 0 saturated carbocycles. The van der Waals surface area contributed by atoms with Gasteiger partial charge in [-0.15, -0.1) is 0 Å². The highest BCUT2D eigenvalue weighted by atomic mass is 19.1. The van der Waals surface area contributed by atoms with Gasteiger partial charge in [-0.05, 0) is 11.6 Å². The number of benzene rings is 1. The van der Waals surface area contributed by atoms with Crippen molar-refractivity contribution >= 4 is 11.8 Å². The van der Waals surface area contributed by atoms with Gasteiger partial charge in [-0.2, -0.15) is 0 Å². The average Bonchev–Trinajstić information content (AvgIpc) is 2.49. The zero-order valence-electron chi connectivity index (χ0n) is 11.6. The van der Waals surface area contributed by atoms with Gasteiger partial charge in [0.05, 0.1) is 6.42 Å². The van der Waals surface area contributed by atoms with E-state index in [2.05, 4.69) is 0 Å². The first-order valence-corrected chi connectivity index (χ1v) is 6.90. The van der Waals surface area contributed by atoms with Crippen molar-refractivity contribution in [1.82, 2.24) is 9.80 Å². The van der Waals surface area contributed by atoms with E-state index in [1.165, 1.54) is 6.07 Å². The maximum Gasteiger partial charge on any atom is 0.227 e. The largest absolute Gasteiger partial charge is 0.339 e. The molecule has 1 fully saturated rings. The summed E-state index contributed by atoms with van der Waals surface area (Å²) < 4.78 is 13.5. The quantitative estimate of drug-likeness (QED) is 0.839. The highest BCUT2D eigenvalue weighted by Crippen LogP contribution is 2.11. The normalized spacial score (nSPS) is 15.3. The van der Waals surface area contributed by atoms with E-state index in [0.717, 1.165) is 0 Å². The lowest BCUT2D eigenvalue weighted by atomic mass is 10.1. The van der Waals surface area contributed by atoms with Gasteiger partial charge in [-0.25, -0.2) is 4.39 Å². The number of amides is 2. The van der Waals surface area contributed by atoms with Gasteiger partial charge in [0, 0.05) is 32.6 Å². The summed E-state index contributed by atoms with van der Waals surface area (Å²) in [5, 5.41) is 0. The standard InChI is InChI=1S/C15H19FN2O2/c1-2-14(19)17-7-9-18(10-8-17)15(20)11-12-5-3-4-6-13(12)16/h3-6H,2,7-11H2,1H3. The lowest BCUT2D eigenvalue weighted by Gasteiger charge is -2.34. The molecule has 0 N–H and O–H groups in total. The van der Waals surface area contributed by atoms with Crippen molar-refractivity contribution in [3.8, 4) is 0 Å². The van der Waals surface area contributed by atoms with Crippen LogP contribution < -0.4 is 0 Å². The van der Waals surface area contributed by atoms with E-state index in [-0.39, 0.29) is 24.1 Å². The van der Waals surface area contributed by atoms with E-state index in [1.807, 2.05) is 6.92 Å². The number of hydrogen-bond donors (Lipinski definition) is 0. The molecule has 0 aromatic heterocycles. The minimum Gasteiger partial charge on any atom is -0.339 e. The minimum atomic E-state index is -0.347. The Hall–Kier alpha value is -1.91. The highest BCUT2D eigenvalue weighted by Gasteiger charge is 2.23. The predicted molar refractivity (Wildman–Crippen MR) is 73.6 cm³/mol. The van der Waals surface area contributed by atoms with Crippen LogP contribution in [0, 0.1) is 5.82 Å². The molecule has 1 aliphatic rings. The van der Waals surface area contributed by atoms with Crippen LogP contribution in [0.2, 0.25) is 0 Å². The molecule has 1 aromatic carbocycles. The van der Waals surface area contributed by atoms with Crippen LogP contribution >= 0.6 is 0 Å². The van der Waals surface area contributed by atoms with E-state index in [4.69, 9.17) is 0 Å². The maximum atomic E-state index is 13.5. The molecule has 0 radical (unpaired) electrons. The Morgan fingerprint density at radius 2 is 1.60 bits per heavy atom. The summed E-state index contributed by atoms with van der Waals surface area (Å²) in [4.78, 5) is 27.1. The van der Waals surface area contributed by atoms with Gasteiger partial charge in [-0.3, -0.25) is 9.59 Å². The molecule has 108 valence electrons. The summed E-state index contributed by atoms with van der Waals surface area (Å²) in [5.74, 6) is -0.314. The summed E-state index contributed by atoms with van der Waals surface area (Å²) in [7, 11) is 0. The van der Waals surface area contributed by atoms with Crippen molar-refractivity contribution in [3.05, 3.63) is 35.6 Å². The zero-order chi connectivity index (χ0) is 14.5. The predicted octanol–water partition coefficient (Wildman–Crippen LogP) is 1.45. The number of piperazine rings is 1. The summed E-state index contributed by atoms with van der Waals surface area (Å²) >= 11 is 0. The molecule has 1 aromatic rings. The van der Waals surface area contributed by atoms with Gasteiger partial charge in [0.2, 0.25) is 11.8 Å². The molecule has 4 nitrogen and oxygen atoms in total. The molecule has 2 amide bonds. The zero-order valence-corrected chi connectivity index (χ0v) is 11.6. The monoisotopic (exact) mass is 278 g/mol. The average molecular weight is 278 g/mol. The fourth-order valence-electron chi connectivity index (χ4n) is 2.35. The fourth-order valence-corrected chi connectivity index (χ4v) is 2.35. The summed E-state index contributed by atoms with van der Waals surface area (Å²) in [6.07, 6.45) is 0.567. The van der Waals surface area contributed by atoms with Gasteiger partial charge >= 0.3 is 0 Å². The number of nitrogens with zero attached hydrogens (tertiary/aromatic N) is 2. The number of carbonyl (C=O) groups is 2. The van der Waals surface area contributed by atoms with Crippen molar-refractivity contribution in [2.45, 2.75) is 19.8 Å². The number of halogens is 1. The molecule has 1 aliphatic heterocycles. The maximum absolute atomic E-state index is 13.5. The molecule has 0 atom stereocenters. The molecule has 20 heavy (non-hydrogen) atoms. The molecule has 1 saturated heterocycles. The van der Waals surface area contributed by atoms with Crippen LogP contribution in [0.25, 0.3) is 0 Å². The smallest absolute Gasteiger partial charge is 0.227 e. The molecule has 0 spiro atoms. The second kappa shape index (κ2) is 6.50. The van der Waals surface area contributed by atoms with Crippen molar-refractivity contribution in [2.24, 2.45) is 0 Å². The van der Waals surface area contributed by atoms with Crippen LogP contribution in [0.4, 0.5) is 4.39 Å². The summed E-state index contributed by atoms with van der Waals surface area (Å²) in [6.45, 7) is 4.02. The van der Waals surface area contributed by atoms with Gasteiger partial charge in [0.15, 0.2) is 0 Å². The van der Waals surface area contributed by atoms with Crippen LogP contribution in [0.15, 0.2) is 24.3 Å². The molecule has 0 bridgehead atoms. The Morgan fingerprint density at radius 1 is 1.05 bits per heavy atom. The van der Waals surface area contributed by atoms with E-state index in [1.54, 1.807) is 28.0 Å². The van der Waals surface area contributed by atoms with Gasteiger partial charge < -0.3 is 9.80 Å². The Kier molecular flexibility index (Phi) is 4.71. The third-order valence-electron chi connectivity index (χ3n) is 3.59. The van der Waals surface area contributed by atoms with Crippen molar-refractivity contribution in [3.63, 3.8) is 0 Å². The van der Waals surface area contributed by atoms with Gasteiger partial charge in [-0.1, -0.05) is 25.1 Å². The Labute approximate surface area is 118 Å². The number of hydrogen-bond acceptors (Lipinski definition) is 2. The first-order chi connectivity index (χ1) is 9.61. The molecule has 0 aliphatic carbocycles. The van der Waals surface area contributed by atoms with E-state index in [9.17, 15) is 14.0 Å². The second-order valence-electron chi connectivity index (χ2n) is 4.88. The first-order valence-electron chi connectivity index (χ1n) is 6.90. The van der Waals surface area contributed by atoms with Crippen molar-refractivity contribution < 1.29 is 14.0 Å². The molecular formula is C15H19FN2O2. The van der Waals surface area contributed by atoms with Crippen LogP contribution in [0.5, 0.6) is 0 Å². The highest BCUT2D eigenvalue weighted by molar-refractivity contribution is 5.80. The van der Waals surface area contributed by atoms with E-state index >= 15 is 0 Å². The van der Waals surface area contributed by atoms with Crippen molar-refractivity contribution in [2.75, 3.05) is 26.2 Å². The summed E-state index contributed by atoms with van der Waals surface area (Å²) in [5.41, 5.74) is 0.421. The lowest BCUT2D eigenvalue weighted by Crippen LogP contribution is -2.50. The molecule has 1 heterocycles. The third-order valence-corrected chi connectivity index (χ3v) is 3.59. The topological polar surface area (TPSA) is 40.6 Å². The molecule has 0 unspecified atom stereocenters. The van der Waals surface area contributed by atoms with Crippen LogP contribution in [-0.2, 0) is 16.0 Å². The minimum absolute atomic E-state index is 0.0778. The van der Waals surface area contributed by atoms with Crippen molar-refractivity contribution in [1.29, 1.82) is 0 Å². The van der Waals surface area contributed by atoms with Gasteiger partial charge in [0.1, 0.15) is 5.82 Å². The molecule has 5 heteroatoms. The van der Waals surface area contributed by atoms with E-state index in [0.29, 0.717) is 38.2 Å². The Morgan fingerprint density at radius 3 is 2.15 bits per heavy atom. The number of carbonyl (C=O) groups excluding carboxylic acids is 2. The lowest BCUT2D eigenvalue weighted by molar-refractivity contribution is -0.139. The van der Waals surface area contributed by atoms with E-state index < -0.39 is 0 Å². The van der Waals surface area contributed by atoms with Gasteiger partial charge in [0.25, 0.3) is 0 Å². The van der Waals surface area contributed by atoms with Crippen LogP contribution in [0.3, 0.4) is 0 Å². The molecule has 2 rings (SSSR count). The third kappa shape index (κ3) is 3.35. The van der Waals surface area contributed by atoms with Crippen LogP contribution in [0.1, 0.15) is 18.9 Å². The number of rotatable bonds is 3. The Bertz CT molecular complexity index is 496. The van der Waals surface area contributed by atoms with Crippen LogP contribution in [-0.4, -0.2) is 47.8 Å². The first kappa shape index (κ1) is 14.5.